The molecule has 2 aromatic carbocycles. The van der Waals surface area contributed by atoms with Crippen LogP contribution in [0, 0.1) is 5.92 Å². The molecule has 0 aliphatic carbocycles. The average Bonchev–Trinajstić information content (AvgIpc) is 3.30. The number of carbonyl (C=O) groups excluding carboxylic acids is 1. The highest BCUT2D eigenvalue weighted by Crippen LogP contribution is 2.26. The Bertz CT molecular complexity index is 1070. The number of carbonyl (C=O) groups is 1. The number of para-hydroxylation sites is 2. The van der Waals surface area contributed by atoms with Gasteiger partial charge in [0.15, 0.2) is 0 Å². The third-order valence-electron chi connectivity index (χ3n) is 5.23. The quantitative estimate of drug-likeness (QED) is 0.533. The minimum absolute atomic E-state index is 0.243. The van der Waals surface area contributed by atoms with Gasteiger partial charge >= 0.3 is 6.09 Å². The third-order valence-corrected chi connectivity index (χ3v) is 5.47. The van der Waals surface area contributed by atoms with Crippen molar-refractivity contribution in [3.8, 4) is 6.01 Å². The predicted molar refractivity (Wildman–Crippen MR) is 122 cm³/mol. The van der Waals surface area contributed by atoms with Crippen LogP contribution in [0.5, 0.6) is 6.01 Å². The predicted octanol–water partition coefficient (Wildman–Crippen LogP) is 5.37. The van der Waals surface area contributed by atoms with Crippen LogP contribution in [0.2, 0.25) is 5.02 Å². The lowest BCUT2D eigenvalue weighted by Gasteiger charge is -2.24. The third kappa shape index (κ3) is 5.31. The molecule has 0 spiro atoms. The zero-order chi connectivity index (χ0) is 22.0. The normalized spacial score (nSPS) is 16.6. The van der Waals surface area contributed by atoms with E-state index in [0.29, 0.717) is 37.3 Å². The highest BCUT2D eigenvalue weighted by molar-refractivity contribution is 6.30. The average molecular weight is 442 g/mol. The summed E-state index contributed by atoms with van der Waals surface area (Å²) in [5, 5.41) is 0.706. The molecular formula is C24H28ClN3O3. The van der Waals surface area contributed by atoms with E-state index in [1.807, 2.05) is 69.3 Å². The molecule has 1 aliphatic rings. The van der Waals surface area contributed by atoms with Crippen LogP contribution >= 0.6 is 11.6 Å². The van der Waals surface area contributed by atoms with E-state index in [1.165, 1.54) is 0 Å². The van der Waals surface area contributed by atoms with E-state index in [4.69, 9.17) is 26.1 Å². The van der Waals surface area contributed by atoms with Gasteiger partial charge in [0.2, 0.25) is 0 Å². The Balaban J connectivity index is 1.46. The van der Waals surface area contributed by atoms with E-state index in [-0.39, 0.29) is 12.0 Å². The molecule has 31 heavy (non-hydrogen) atoms. The van der Waals surface area contributed by atoms with Crippen molar-refractivity contribution < 1.29 is 14.3 Å². The number of hydrogen-bond acceptors (Lipinski definition) is 4. The summed E-state index contributed by atoms with van der Waals surface area (Å²) in [6.45, 7) is 8.07. The van der Waals surface area contributed by atoms with Gasteiger partial charge in [-0.3, -0.25) is 4.57 Å². The van der Waals surface area contributed by atoms with Crippen molar-refractivity contribution in [2.75, 3.05) is 19.7 Å². The highest BCUT2D eigenvalue weighted by Gasteiger charge is 2.30. The van der Waals surface area contributed by atoms with Gasteiger partial charge in [0.05, 0.1) is 24.2 Å². The van der Waals surface area contributed by atoms with Crippen molar-refractivity contribution in [2.45, 2.75) is 39.3 Å². The van der Waals surface area contributed by atoms with E-state index in [0.717, 1.165) is 23.0 Å². The largest absolute Gasteiger partial charge is 0.464 e. The van der Waals surface area contributed by atoms with Crippen LogP contribution in [0.15, 0.2) is 48.5 Å². The molecule has 4 rings (SSSR count). The molecule has 164 valence electrons. The zero-order valence-electron chi connectivity index (χ0n) is 18.2. The van der Waals surface area contributed by atoms with E-state index in [2.05, 4.69) is 4.57 Å². The van der Waals surface area contributed by atoms with Gasteiger partial charge in [0.1, 0.15) is 5.60 Å². The first-order valence-electron chi connectivity index (χ1n) is 10.6. The number of imidazole rings is 1. The number of amides is 1. The highest BCUT2D eigenvalue weighted by atomic mass is 35.5. The molecular weight excluding hydrogens is 414 g/mol. The smallest absolute Gasteiger partial charge is 0.410 e. The molecule has 6 nitrogen and oxygen atoms in total. The SMILES string of the molecule is CC(C)(C)OC(=O)N1CCC(COc2nc3ccccc3n2Cc2cccc(Cl)c2)C1. The number of fused-ring (bicyclic) bond motifs is 1. The van der Waals surface area contributed by atoms with Crippen LogP contribution < -0.4 is 4.74 Å². The van der Waals surface area contributed by atoms with Gasteiger partial charge in [-0.15, -0.1) is 0 Å². The van der Waals surface area contributed by atoms with E-state index in [1.54, 1.807) is 4.90 Å². The number of likely N-dealkylation sites (tertiary alicyclic amines) is 1. The molecule has 0 bridgehead atoms. The second kappa shape index (κ2) is 8.79. The van der Waals surface area contributed by atoms with Crippen LogP contribution in [0.3, 0.4) is 0 Å². The number of halogens is 1. The lowest BCUT2D eigenvalue weighted by atomic mass is 10.1. The van der Waals surface area contributed by atoms with Crippen molar-refractivity contribution in [1.29, 1.82) is 0 Å². The standard InChI is InChI=1S/C24H28ClN3O3/c1-24(2,3)31-23(29)27-12-11-18(14-27)16-30-22-26-20-9-4-5-10-21(20)28(22)15-17-7-6-8-19(25)13-17/h4-10,13,18H,11-12,14-16H2,1-3H3. The molecule has 1 unspecified atom stereocenters. The van der Waals surface area contributed by atoms with Crippen LogP contribution in [-0.2, 0) is 11.3 Å². The summed E-state index contributed by atoms with van der Waals surface area (Å²) in [5.41, 5.74) is 2.50. The zero-order valence-corrected chi connectivity index (χ0v) is 18.9. The monoisotopic (exact) mass is 441 g/mol. The summed E-state index contributed by atoms with van der Waals surface area (Å²) in [6, 6.07) is 16.4. The first kappa shape index (κ1) is 21.5. The van der Waals surface area contributed by atoms with E-state index in [9.17, 15) is 4.79 Å². The van der Waals surface area contributed by atoms with Crippen LogP contribution in [0.25, 0.3) is 11.0 Å². The van der Waals surface area contributed by atoms with Crippen LogP contribution in [0.4, 0.5) is 4.79 Å². The van der Waals surface area contributed by atoms with Crippen LogP contribution in [-0.4, -0.2) is 45.8 Å². The van der Waals surface area contributed by atoms with Crippen molar-refractivity contribution >= 4 is 28.7 Å². The molecule has 1 fully saturated rings. The minimum atomic E-state index is -0.489. The van der Waals surface area contributed by atoms with Gasteiger partial charge < -0.3 is 14.4 Å². The fourth-order valence-electron chi connectivity index (χ4n) is 3.79. The summed E-state index contributed by atoms with van der Waals surface area (Å²) in [5.74, 6) is 0.243. The van der Waals surface area contributed by atoms with Crippen molar-refractivity contribution in [3.05, 3.63) is 59.1 Å². The molecule has 3 aromatic rings. The lowest BCUT2D eigenvalue weighted by molar-refractivity contribution is 0.0284. The van der Waals surface area contributed by atoms with Crippen molar-refractivity contribution in [1.82, 2.24) is 14.5 Å². The maximum Gasteiger partial charge on any atom is 0.410 e. The Morgan fingerprint density at radius 1 is 1.19 bits per heavy atom. The van der Waals surface area contributed by atoms with Gasteiger partial charge in [-0.2, -0.15) is 4.98 Å². The fourth-order valence-corrected chi connectivity index (χ4v) is 4.00. The Labute approximate surface area is 187 Å². The second-order valence-electron chi connectivity index (χ2n) is 8.99. The Kier molecular flexibility index (Phi) is 6.10. The van der Waals surface area contributed by atoms with E-state index < -0.39 is 5.60 Å². The first-order valence-corrected chi connectivity index (χ1v) is 11.0. The maximum atomic E-state index is 12.3. The van der Waals surface area contributed by atoms with Gasteiger partial charge in [-0.05, 0) is 57.0 Å². The Hall–Kier alpha value is -2.73. The van der Waals surface area contributed by atoms with E-state index >= 15 is 0 Å². The summed E-state index contributed by atoms with van der Waals surface area (Å²) in [6.07, 6.45) is 0.622. The molecule has 0 saturated carbocycles. The maximum absolute atomic E-state index is 12.3. The number of aromatic nitrogens is 2. The summed E-state index contributed by atoms with van der Waals surface area (Å²) >= 11 is 6.17. The fraction of sp³-hybridized carbons (Fsp3) is 0.417. The second-order valence-corrected chi connectivity index (χ2v) is 9.43. The summed E-state index contributed by atoms with van der Waals surface area (Å²) in [4.78, 5) is 18.8. The molecule has 0 N–H and O–H groups in total. The van der Waals surface area contributed by atoms with Crippen molar-refractivity contribution in [3.63, 3.8) is 0 Å². The molecule has 1 aromatic heterocycles. The number of ether oxygens (including phenoxy) is 2. The Morgan fingerprint density at radius 2 is 2.00 bits per heavy atom. The van der Waals surface area contributed by atoms with Gasteiger partial charge in [0, 0.05) is 24.0 Å². The van der Waals surface area contributed by atoms with Crippen LogP contribution in [0.1, 0.15) is 32.8 Å². The molecule has 0 radical (unpaired) electrons. The lowest BCUT2D eigenvalue weighted by Crippen LogP contribution is -2.35. The summed E-state index contributed by atoms with van der Waals surface area (Å²) < 4.78 is 13.7. The molecule has 2 heterocycles. The Morgan fingerprint density at radius 3 is 2.77 bits per heavy atom. The topological polar surface area (TPSA) is 56.6 Å². The number of rotatable bonds is 5. The molecule has 7 heteroatoms. The molecule has 1 amide bonds. The van der Waals surface area contributed by atoms with Crippen molar-refractivity contribution in [2.24, 2.45) is 5.92 Å². The van der Waals surface area contributed by atoms with Gasteiger partial charge in [0.25, 0.3) is 6.01 Å². The minimum Gasteiger partial charge on any atom is -0.464 e. The number of benzene rings is 2. The van der Waals surface area contributed by atoms with Gasteiger partial charge in [-0.25, -0.2) is 4.79 Å². The molecule has 1 saturated heterocycles. The number of hydrogen-bond donors (Lipinski definition) is 0. The first-order chi connectivity index (χ1) is 14.8. The van der Waals surface area contributed by atoms with Gasteiger partial charge in [-0.1, -0.05) is 35.9 Å². The molecule has 1 aliphatic heterocycles. The summed E-state index contributed by atoms with van der Waals surface area (Å²) in [7, 11) is 0. The number of nitrogens with zero attached hydrogens (tertiary/aromatic N) is 3. The molecule has 1 atom stereocenters.